The van der Waals surface area contributed by atoms with E-state index in [1.807, 2.05) is 0 Å². The van der Waals surface area contributed by atoms with Gasteiger partial charge in [0.2, 0.25) is 0 Å². The molecule has 2 aromatic rings. The molecule has 0 radical (unpaired) electrons. The summed E-state index contributed by atoms with van der Waals surface area (Å²) in [6, 6.07) is 4.29. The number of aromatic nitrogens is 1. The summed E-state index contributed by atoms with van der Waals surface area (Å²) in [5.74, 6) is 0. The third-order valence-corrected chi connectivity index (χ3v) is 3.98. The molecular weight excluding hydrogens is 398 g/mol. The molecular formula is C20H28ClN3O5. The lowest BCUT2D eigenvalue weighted by Gasteiger charge is -2.29. The van der Waals surface area contributed by atoms with Crippen molar-refractivity contribution in [3.05, 3.63) is 35.0 Å². The van der Waals surface area contributed by atoms with E-state index in [1.165, 1.54) is 0 Å². The van der Waals surface area contributed by atoms with E-state index in [1.54, 1.807) is 65.9 Å². The maximum atomic E-state index is 12.4. The summed E-state index contributed by atoms with van der Waals surface area (Å²) >= 11 is 6.11. The molecule has 2 amide bonds. The molecule has 0 bridgehead atoms. The Labute approximate surface area is 175 Å². The zero-order chi connectivity index (χ0) is 22.0. The van der Waals surface area contributed by atoms with Gasteiger partial charge in [0.15, 0.2) is 0 Å². The molecule has 0 aliphatic rings. The first kappa shape index (κ1) is 22.8. The number of H-pyrrole nitrogens is 1. The summed E-state index contributed by atoms with van der Waals surface area (Å²) in [6.45, 7) is 10.2. The fourth-order valence-electron chi connectivity index (χ4n) is 2.65. The SMILES string of the molecule is CC(C)(C)OC(=O)NCC(c1c[nH]c2ccc(Cl)cc12)N(O)C(=O)OC(C)(C)C. The van der Waals surface area contributed by atoms with E-state index >= 15 is 0 Å². The van der Waals surface area contributed by atoms with Gasteiger partial charge in [-0.3, -0.25) is 5.21 Å². The van der Waals surface area contributed by atoms with Crippen LogP contribution in [0.15, 0.2) is 24.4 Å². The van der Waals surface area contributed by atoms with E-state index in [4.69, 9.17) is 21.1 Å². The summed E-state index contributed by atoms with van der Waals surface area (Å²) in [4.78, 5) is 27.6. The number of halogens is 1. The molecule has 1 aromatic carbocycles. The van der Waals surface area contributed by atoms with Gasteiger partial charge in [-0.2, -0.15) is 5.06 Å². The van der Waals surface area contributed by atoms with Gasteiger partial charge in [-0.15, -0.1) is 0 Å². The summed E-state index contributed by atoms with van der Waals surface area (Å²) in [6.07, 6.45) is 0.0403. The van der Waals surface area contributed by atoms with Crippen LogP contribution in [0, 0.1) is 0 Å². The van der Waals surface area contributed by atoms with Crippen LogP contribution in [-0.4, -0.2) is 45.2 Å². The number of aromatic amines is 1. The summed E-state index contributed by atoms with van der Waals surface area (Å²) in [5.41, 5.74) is -0.154. The number of fused-ring (bicyclic) bond motifs is 1. The third kappa shape index (κ3) is 6.54. The number of hydrogen-bond donors (Lipinski definition) is 3. The maximum absolute atomic E-state index is 12.4. The average molecular weight is 426 g/mol. The molecule has 0 aliphatic carbocycles. The van der Waals surface area contributed by atoms with Crippen LogP contribution in [-0.2, 0) is 9.47 Å². The first-order chi connectivity index (χ1) is 13.3. The third-order valence-electron chi connectivity index (χ3n) is 3.75. The van der Waals surface area contributed by atoms with Gasteiger partial charge < -0.3 is 19.8 Å². The van der Waals surface area contributed by atoms with Gasteiger partial charge in [-0.25, -0.2) is 9.59 Å². The smallest absolute Gasteiger partial charge is 0.434 e. The molecule has 0 fully saturated rings. The Hall–Kier alpha value is -2.45. The van der Waals surface area contributed by atoms with Crippen LogP contribution < -0.4 is 5.32 Å². The Morgan fingerprint density at radius 3 is 2.38 bits per heavy atom. The zero-order valence-electron chi connectivity index (χ0n) is 17.5. The number of alkyl carbamates (subject to hydrolysis) is 1. The summed E-state index contributed by atoms with van der Waals surface area (Å²) < 4.78 is 10.5. The molecule has 1 aromatic heterocycles. The highest BCUT2D eigenvalue weighted by Gasteiger charge is 2.31. The fourth-order valence-corrected chi connectivity index (χ4v) is 2.82. The van der Waals surface area contributed by atoms with Gasteiger partial charge in [0.25, 0.3) is 0 Å². The van der Waals surface area contributed by atoms with Gasteiger partial charge in [-0.1, -0.05) is 11.6 Å². The first-order valence-electron chi connectivity index (χ1n) is 9.21. The molecule has 1 unspecified atom stereocenters. The summed E-state index contributed by atoms with van der Waals surface area (Å²) in [5, 5.41) is 14.9. The fraction of sp³-hybridized carbons (Fsp3) is 0.500. The van der Waals surface area contributed by atoms with E-state index in [0.717, 1.165) is 5.52 Å². The number of amides is 2. The van der Waals surface area contributed by atoms with Crippen LogP contribution in [0.5, 0.6) is 0 Å². The number of ether oxygens (including phenoxy) is 2. The zero-order valence-corrected chi connectivity index (χ0v) is 18.3. The normalized spacial score (nSPS) is 13.1. The Morgan fingerprint density at radius 2 is 1.79 bits per heavy atom. The molecule has 2 rings (SSSR count). The average Bonchev–Trinajstić information content (AvgIpc) is 2.94. The van der Waals surface area contributed by atoms with Crippen LogP contribution in [0.25, 0.3) is 10.9 Å². The lowest BCUT2D eigenvalue weighted by molar-refractivity contribution is -0.120. The molecule has 160 valence electrons. The number of hydroxylamine groups is 2. The lowest BCUT2D eigenvalue weighted by Crippen LogP contribution is -2.43. The molecule has 0 saturated carbocycles. The second-order valence-electron chi connectivity index (χ2n) is 8.66. The molecule has 9 heteroatoms. The Bertz CT molecular complexity index is 882. The molecule has 29 heavy (non-hydrogen) atoms. The van der Waals surface area contributed by atoms with Crippen molar-refractivity contribution < 1.29 is 24.3 Å². The van der Waals surface area contributed by atoms with Gasteiger partial charge in [0.1, 0.15) is 17.2 Å². The van der Waals surface area contributed by atoms with Gasteiger partial charge in [-0.05, 0) is 59.7 Å². The van der Waals surface area contributed by atoms with Crippen molar-refractivity contribution in [1.82, 2.24) is 15.4 Å². The number of hydrogen-bond acceptors (Lipinski definition) is 5. The largest absolute Gasteiger partial charge is 0.444 e. The minimum Gasteiger partial charge on any atom is -0.444 e. The standard InChI is InChI=1S/C20H28ClN3O5/c1-19(2,3)28-17(25)23-11-16(24(27)18(26)29-20(4,5)6)14-10-22-15-8-7-12(21)9-13(14)15/h7-10,16,22,27H,11H2,1-6H3,(H,23,25). The van der Waals surface area contributed by atoms with Crippen molar-refractivity contribution in [2.75, 3.05) is 6.54 Å². The Kier molecular flexibility index (Phi) is 6.70. The number of rotatable bonds is 4. The van der Waals surface area contributed by atoms with Gasteiger partial charge in [0.05, 0.1) is 0 Å². The highest BCUT2D eigenvalue weighted by atomic mass is 35.5. The van der Waals surface area contributed by atoms with Crippen molar-refractivity contribution in [2.24, 2.45) is 0 Å². The Balaban J connectivity index is 2.33. The maximum Gasteiger partial charge on any atom is 0.434 e. The topological polar surface area (TPSA) is 104 Å². The molecule has 1 atom stereocenters. The van der Waals surface area contributed by atoms with E-state index < -0.39 is 29.4 Å². The summed E-state index contributed by atoms with van der Waals surface area (Å²) in [7, 11) is 0. The lowest BCUT2D eigenvalue weighted by atomic mass is 10.1. The molecule has 3 N–H and O–H groups in total. The monoisotopic (exact) mass is 425 g/mol. The minimum absolute atomic E-state index is 0.107. The van der Waals surface area contributed by atoms with Crippen LogP contribution >= 0.6 is 11.6 Å². The van der Waals surface area contributed by atoms with Crippen molar-refractivity contribution in [3.63, 3.8) is 0 Å². The van der Waals surface area contributed by atoms with Crippen molar-refractivity contribution in [2.45, 2.75) is 58.8 Å². The van der Waals surface area contributed by atoms with Gasteiger partial charge in [0, 0.05) is 34.2 Å². The van der Waals surface area contributed by atoms with E-state index in [-0.39, 0.29) is 6.54 Å². The predicted octanol–water partition coefficient (Wildman–Crippen LogP) is 5.01. The van der Waals surface area contributed by atoms with Crippen molar-refractivity contribution >= 4 is 34.7 Å². The predicted molar refractivity (Wildman–Crippen MR) is 110 cm³/mol. The molecule has 1 heterocycles. The molecule has 0 spiro atoms. The van der Waals surface area contributed by atoms with Crippen molar-refractivity contribution in [1.29, 1.82) is 0 Å². The highest BCUT2D eigenvalue weighted by Crippen LogP contribution is 2.30. The number of carbonyl (C=O) groups is 2. The number of nitrogens with one attached hydrogen (secondary N) is 2. The van der Waals surface area contributed by atoms with Crippen LogP contribution in [0.1, 0.15) is 53.1 Å². The van der Waals surface area contributed by atoms with Crippen molar-refractivity contribution in [3.8, 4) is 0 Å². The Morgan fingerprint density at radius 1 is 1.17 bits per heavy atom. The second-order valence-corrected chi connectivity index (χ2v) is 9.09. The van der Waals surface area contributed by atoms with Crippen LogP contribution in [0.3, 0.4) is 0 Å². The van der Waals surface area contributed by atoms with E-state index in [9.17, 15) is 14.8 Å². The van der Waals surface area contributed by atoms with Crippen LogP contribution in [0.4, 0.5) is 9.59 Å². The van der Waals surface area contributed by atoms with Crippen LogP contribution in [0.2, 0.25) is 5.02 Å². The first-order valence-corrected chi connectivity index (χ1v) is 9.59. The van der Waals surface area contributed by atoms with E-state index in [2.05, 4.69) is 10.3 Å². The highest BCUT2D eigenvalue weighted by molar-refractivity contribution is 6.31. The number of nitrogens with zero attached hydrogens (tertiary/aromatic N) is 1. The van der Waals surface area contributed by atoms with Gasteiger partial charge >= 0.3 is 12.2 Å². The number of carbonyl (C=O) groups excluding carboxylic acids is 2. The molecule has 0 aliphatic heterocycles. The molecule has 0 saturated heterocycles. The number of benzene rings is 1. The van der Waals surface area contributed by atoms with E-state index in [0.29, 0.717) is 21.0 Å². The minimum atomic E-state index is -0.940. The second kappa shape index (κ2) is 8.51. The quantitative estimate of drug-likeness (QED) is 0.471. The molecule has 8 nitrogen and oxygen atoms in total.